The van der Waals surface area contributed by atoms with Gasteiger partial charge in [-0.05, 0) is 24.6 Å². The Balaban J connectivity index is 1.82. The van der Waals surface area contributed by atoms with Crippen LogP contribution in [0.1, 0.15) is 15.9 Å². The molecule has 0 spiro atoms. The number of nitrogens with one attached hydrogen (secondary N) is 1. The summed E-state index contributed by atoms with van der Waals surface area (Å²) in [4.78, 5) is 19.7. The van der Waals surface area contributed by atoms with E-state index < -0.39 is 5.91 Å². The lowest BCUT2D eigenvalue weighted by atomic mass is 10.1. The van der Waals surface area contributed by atoms with E-state index in [2.05, 4.69) is 20.4 Å². The van der Waals surface area contributed by atoms with Gasteiger partial charge in [0.25, 0.3) is 0 Å². The summed E-state index contributed by atoms with van der Waals surface area (Å²) in [7, 11) is 1.82. The number of hydrogen-bond acceptors (Lipinski definition) is 6. The fourth-order valence-electron chi connectivity index (χ4n) is 2.05. The third-order valence-electron chi connectivity index (χ3n) is 3.28. The molecule has 0 radical (unpaired) electrons. The Labute approximate surface area is 138 Å². The standard InChI is InChI=1S/C16H16N6O2/c1-10-3-4-11(15(17)23)7-13(10)24-14-5-6-18-16(21-14)20-12-8-19-22(2)9-12/h3-9H,1-2H3,(H2,17,23)(H,18,20,21). The van der Waals surface area contributed by atoms with Crippen molar-refractivity contribution in [3.8, 4) is 11.6 Å². The van der Waals surface area contributed by atoms with Crippen LogP contribution >= 0.6 is 0 Å². The van der Waals surface area contributed by atoms with Crippen molar-refractivity contribution in [1.82, 2.24) is 19.7 Å². The summed E-state index contributed by atoms with van der Waals surface area (Å²) < 4.78 is 7.43. The number of hydrogen-bond donors (Lipinski definition) is 2. The predicted octanol–water partition coefficient (Wildman–Crippen LogP) is 2.15. The van der Waals surface area contributed by atoms with E-state index in [9.17, 15) is 4.79 Å². The SMILES string of the molecule is Cc1ccc(C(N)=O)cc1Oc1ccnc(Nc2cnn(C)c2)n1. The van der Waals surface area contributed by atoms with Gasteiger partial charge in [-0.25, -0.2) is 4.98 Å². The van der Waals surface area contributed by atoms with Crippen LogP contribution in [-0.4, -0.2) is 25.7 Å². The fraction of sp³-hybridized carbons (Fsp3) is 0.125. The van der Waals surface area contributed by atoms with Crippen LogP contribution in [0.4, 0.5) is 11.6 Å². The normalized spacial score (nSPS) is 10.4. The molecule has 122 valence electrons. The van der Waals surface area contributed by atoms with Gasteiger partial charge in [0.2, 0.25) is 17.7 Å². The van der Waals surface area contributed by atoms with E-state index in [-0.39, 0.29) is 0 Å². The molecule has 0 unspecified atom stereocenters. The van der Waals surface area contributed by atoms with Gasteiger partial charge in [-0.1, -0.05) is 6.07 Å². The summed E-state index contributed by atoms with van der Waals surface area (Å²) in [6.07, 6.45) is 5.04. The zero-order chi connectivity index (χ0) is 17.1. The van der Waals surface area contributed by atoms with Crippen molar-refractivity contribution < 1.29 is 9.53 Å². The highest BCUT2D eigenvalue weighted by Crippen LogP contribution is 2.25. The van der Waals surface area contributed by atoms with Gasteiger partial charge >= 0.3 is 0 Å². The number of carbonyl (C=O) groups is 1. The molecule has 0 aliphatic carbocycles. The molecule has 1 amide bonds. The minimum absolute atomic E-state index is 0.348. The summed E-state index contributed by atoms with van der Waals surface area (Å²) in [6, 6.07) is 6.64. The van der Waals surface area contributed by atoms with Crippen LogP contribution in [0, 0.1) is 6.92 Å². The molecule has 3 rings (SSSR count). The maximum absolute atomic E-state index is 11.3. The van der Waals surface area contributed by atoms with Crippen LogP contribution in [0.25, 0.3) is 0 Å². The van der Waals surface area contributed by atoms with Gasteiger partial charge in [0.1, 0.15) is 5.75 Å². The summed E-state index contributed by atoms with van der Waals surface area (Å²) in [6.45, 7) is 1.87. The van der Waals surface area contributed by atoms with Crippen LogP contribution in [0.5, 0.6) is 11.6 Å². The monoisotopic (exact) mass is 324 g/mol. The number of anilines is 2. The van der Waals surface area contributed by atoms with Gasteiger partial charge in [0.15, 0.2) is 0 Å². The van der Waals surface area contributed by atoms with Crippen molar-refractivity contribution in [2.75, 3.05) is 5.32 Å². The van der Waals surface area contributed by atoms with Crippen LogP contribution in [-0.2, 0) is 7.05 Å². The Bertz CT molecular complexity index is 890. The minimum atomic E-state index is -0.513. The van der Waals surface area contributed by atoms with Gasteiger partial charge in [-0.3, -0.25) is 9.48 Å². The molecule has 1 aromatic carbocycles. The van der Waals surface area contributed by atoms with E-state index in [1.54, 1.807) is 47.5 Å². The molecule has 0 aliphatic rings. The molecule has 0 saturated carbocycles. The maximum atomic E-state index is 11.3. The number of primary amides is 1. The number of nitrogens with two attached hydrogens (primary N) is 1. The lowest BCUT2D eigenvalue weighted by molar-refractivity contribution is 0.1000. The number of aryl methyl sites for hydroxylation is 2. The van der Waals surface area contributed by atoms with Crippen LogP contribution in [0.15, 0.2) is 42.9 Å². The van der Waals surface area contributed by atoms with Crippen molar-refractivity contribution in [3.05, 3.63) is 54.0 Å². The second-order valence-corrected chi connectivity index (χ2v) is 5.19. The van der Waals surface area contributed by atoms with Crippen LogP contribution in [0.3, 0.4) is 0 Å². The molecule has 8 nitrogen and oxygen atoms in total. The highest BCUT2D eigenvalue weighted by molar-refractivity contribution is 5.93. The summed E-state index contributed by atoms with van der Waals surface area (Å²) in [5.41, 5.74) is 7.30. The predicted molar refractivity (Wildman–Crippen MR) is 88.3 cm³/mol. The Morgan fingerprint density at radius 1 is 1.33 bits per heavy atom. The Morgan fingerprint density at radius 2 is 2.17 bits per heavy atom. The molecule has 2 heterocycles. The van der Waals surface area contributed by atoms with Crippen molar-refractivity contribution in [2.24, 2.45) is 12.8 Å². The molecule has 3 aromatic rings. The molecule has 8 heteroatoms. The average molecular weight is 324 g/mol. The first-order valence-corrected chi connectivity index (χ1v) is 7.18. The van der Waals surface area contributed by atoms with Crippen molar-refractivity contribution in [1.29, 1.82) is 0 Å². The molecule has 0 atom stereocenters. The number of benzene rings is 1. The Hall–Kier alpha value is -3.42. The number of carbonyl (C=O) groups excluding carboxylic acids is 1. The third-order valence-corrected chi connectivity index (χ3v) is 3.28. The summed E-state index contributed by atoms with van der Waals surface area (Å²) in [5, 5.41) is 7.10. The zero-order valence-corrected chi connectivity index (χ0v) is 13.2. The number of aromatic nitrogens is 4. The van der Waals surface area contributed by atoms with Crippen molar-refractivity contribution in [3.63, 3.8) is 0 Å². The second kappa shape index (κ2) is 6.37. The van der Waals surface area contributed by atoms with E-state index in [0.717, 1.165) is 11.3 Å². The molecule has 0 saturated heterocycles. The summed E-state index contributed by atoms with van der Waals surface area (Å²) >= 11 is 0. The quantitative estimate of drug-likeness (QED) is 0.744. The van der Waals surface area contributed by atoms with Crippen LogP contribution in [0.2, 0.25) is 0 Å². The van der Waals surface area contributed by atoms with E-state index in [1.807, 2.05) is 14.0 Å². The van der Waals surface area contributed by atoms with Crippen molar-refractivity contribution in [2.45, 2.75) is 6.92 Å². The maximum Gasteiger partial charge on any atom is 0.248 e. The number of nitrogens with zero attached hydrogens (tertiary/aromatic N) is 4. The largest absolute Gasteiger partial charge is 0.439 e. The van der Waals surface area contributed by atoms with Gasteiger partial charge in [-0.2, -0.15) is 10.1 Å². The van der Waals surface area contributed by atoms with E-state index in [0.29, 0.717) is 23.1 Å². The topological polar surface area (TPSA) is 108 Å². The Kier molecular flexibility index (Phi) is 4.11. The van der Waals surface area contributed by atoms with E-state index in [1.165, 1.54) is 0 Å². The highest BCUT2D eigenvalue weighted by atomic mass is 16.5. The number of amides is 1. The number of ether oxygens (including phenoxy) is 1. The fourth-order valence-corrected chi connectivity index (χ4v) is 2.05. The first-order valence-electron chi connectivity index (χ1n) is 7.18. The smallest absolute Gasteiger partial charge is 0.248 e. The third kappa shape index (κ3) is 3.49. The first kappa shape index (κ1) is 15.5. The molecule has 0 fully saturated rings. The van der Waals surface area contributed by atoms with Gasteiger partial charge < -0.3 is 15.8 Å². The van der Waals surface area contributed by atoms with E-state index in [4.69, 9.17) is 10.5 Å². The van der Waals surface area contributed by atoms with Gasteiger partial charge in [-0.15, -0.1) is 0 Å². The molecule has 3 N–H and O–H groups in total. The number of rotatable bonds is 5. The zero-order valence-electron chi connectivity index (χ0n) is 13.2. The molecule has 2 aromatic heterocycles. The van der Waals surface area contributed by atoms with E-state index >= 15 is 0 Å². The first-order chi connectivity index (χ1) is 11.5. The van der Waals surface area contributed by atoms with Gasteiger partial charge in [0.05, 0.1) is 11.9 Å². The lowest BCUT2D eigenvalue weighted by Crippen LogP contribution is -2.11. The molecule has 24 heavy (non-hydrogen) atoms. The van der Waals surface area contributed by atoms with Gasteiger partial charge in [0, 0.05) is 31.1 Å². The van der Waals surface area contributed by atoms with Crippen LogP contribution < -0.4 is 15.8 Å². The molecular formula is C16H16N6O2. The second-order valence-electron chi connectivity index (χ2n) is 5.19. The Morgan fingerprint density at radius 3 is 2.88 bits per heavy atom. The minimum Gasteiger partial charge on any atom is -0.439 e. The molecule has 0 aliphatic heterocycles. The molecular weight excluding hydrogens is 308 g/mol. The summed E-state index contributed by atoms with van der Waals surface area (Å²) in [5.74, 6) is 0.726. The highest BCUT2D eigenvalue weighted by Gasteiger charge is 2.09. The average Bonchev–Trinajstić information content (AvgIpc) is 2.94. The molecule has 0 bridgehead atoms. The van der Waals surface area contributed by atoms with Crippen molar-refractivity contribution >= 4 is 17.5 Å². The lowest BCUT2D eigenvalue weighted by Gasteiger charge is -2.10.